The minimum absolute atomic E-state index is 0.127. The highest BCUT2D eigenvalue weighted by Crippen LogP contribution is 2.25. The van der Waals surface area contributed by atoms with Crippen LogP contribution in [-0.4, -0.2) is 55.5 Å². The second kappa shape index (κ2) is 5.07. The van der Waals surface area contributed by atoms with Crippen LogP contribution in [0.15, 0.2) is 0 Å². The minimum Gasteiger partial charge on any atom is -0.388 e. The van der Waals surface area contributed by atoms with Gasteiger partial charge in [0.1, 0.15) is 0 Å². The molecule has 0 radical (unpaired) electrons. The molecule has 2 unspecified atom stereocenters. The summed E-state index contributed by atoms with van der Waals surface area (Å²) in [5, 5.41) is 10.3. The molecule has 1 saturated heterocycles. The van der Waals surface area contributed by atoms with Crippen LogP contribution in [0.5, 0.6) is 0 Å². The molecule has 1 aliphatic rings. The van der Waals surface area contributed by atoms with E-state index in [0.29, 0.717) is 6.61 Å². The van der Waals surface area contributed by atoms with Gasteiger partial charge >= 0.3 is 0 Å². The first-order chi connectivity index (χ1) is 6.58. The maximum atomic E-state index is 10.3. The Kier molecular flexibility index (Phi) is 4.31. The Labute approximate surface area is 86.0 Å². The molecular weight excluding hydrogens is 180 g/mol. The fourth-order valence-electron chi connectivity index (χ4n) is 2.00. The van der Waals surface area contributed by atoms with Gasteiger partial charge in [0, 0.05) is 32.8 Å². The van der Waals surface area contributed by atoms with E-state index in [1.807, 2.05) is 7.05 Å². The molecule has 3 N–H and O–H groups in total. The summed E-state index contributed by atoms with van der Waals surface area (Å²) in [6.45, 7) is 2.41. The lowest BCUT2D eigenvalue weighted by Gasteiger charge is -2.41. The van der Waals surface area contributed by atoms with E-state index in [1.54, 1.807) is 7.11 Å². The number of likely N-dealkylation sites (N-methyl/N-ethyl adjacent to an activating group) is 1. The zero-order chi connectivity index (χ0) is 10.6. The number of aliphatic hydroxyl groups is 1. The smallest absolute Gasteiger partial charge is 0.0823 e. The number of ether oxygens (including phenoxy) is 1. The van der Waals surface area contributed by atoms with Crippen molar-refractivity contribution in [2.75, 3.05) is 33.9 Å². The molecular formula is C10H22N2O2. The molecule has 1 aliphatic heterocycles. The zero-order valence-electron chi connectivity index (χ0n) is 9.20. The van der Waals surface area contributed by atoms with E-state index in [1.165, 1.54) is 0 Å². The SMILES string of the molecule is COCCCC1(O)CCN(C)CC1N. The molecule has 0 aromatic rings. The molecule has 0 aliphatic carbocycles. The van der Waals surface area contributed by atoms with Gasteiger partial charge < -0.3 is 20.5 Å². The fourth-order valence-corrected chi connectivity index (χ4v) is 2.00. The van der Waals surface area contributed by atoms with E-state index in [0.717, 1.165) is 32.4 Å². The third-order valence-corrected chi connectivity index (χ3v) is 3.08. The van der Waals surface area contributed by atoms with Gasteiger partial charge in [-0.2, -0.15) is 0 Å². The summed E-state index contributed by atoms with van der Waals surface area (Å²) in [5.41, 5.74) is 5.28. The summed E-state index contributed by atoms with van der Waals surface area (Å²) >= 11 is 0. The van der Waals surface area contributed by atoms with Gasteiger partial charge in [0.15, 0.2) is 0 Å². The van der Waals surface area contributed by atoms with Crippen molar-refractivity contribution >= 4 is 0 Å². The zero-order valence-corrected chi connectivity index (χ0v) is 9.20. The van der Waals surface area contributed by atoms with Crippen LogP contribution in [0.3, 0.4) is 0 Å². The predicted molar refractivity (Wildman–Crippen MR) is 56.1 cm³/mol. The lowest BCUT2D eigenvalue weighted by atomic mass is 9.83. The van der Waals surface area contributed by atoms with Crippen LogP contribution in [0.2, 0.25) is 0 Å². The highest BCUT2D eigenvalue weighted by atomic mass is 16.5. The molecule has 4 heteroatoms. The molecule has 4 nitrogen and oxygen atoms in total. The number of likely N-dealkylation sites (tertiary alicyclic amines) is 1. The van der Waals surface area contributed by atoms with E-state index >= 15 is 0 Å². The summed E-state index contributed by atoms with van der Waals surface area (Å²) in [5.74, 6) is 0. The van der Waals surface area contributed by atoms with Crippen LogP contribution in [0.1, 0.15) is 19.3 Å². The molecule has 0 aromatic heterocycles. The minimum atomic E-state index is -0.676. The van der Waals surface area contributed by atoms with Gasteiger partial charge in [-0.1, -0.05) is 0 Å². The summed E-state index contributed by atoms with van der Waals surface area (Å²) < 4.78 is 4.97. The van der Waals surface area contributed by atoms with Crippen molar-refractivity contribution < 1.29 is 9.84 Å². The second-order valence-corrected chi connectivity index (χ2v) is 4.32. The van der Waals surface area contributed by atoms with Crippen LogP contribution in [0, 0.1) is 0 Å². The summed E-state index contributed by atoms with van der Waals surface area (Å²) in [6.07, 6.45) is 2.40. The van der Waals surface area contributed by atoms with Crippen LogP contribution in [0.4, 0.5) is 0 Å². The predicted octanol–water partition coefficient (Wildman–Crippen LogP) is -0.193. The largest absolute Gasteiger partial charge is 0.388 e. The Bertz CT molecular complexity index is 178. The van der Waals surface area contributed by atoms with Gasteiger partial charge in [-0.15, -0.1) is 0 Å². The molecule has 84 valence electrons. The second-order valence-electron chi connectivity index (χ2n) is 4.32. The number of nitrogens with two attached hydrogens (primary N) is 1. The van der Waals surface area contributed by atoms with E-state index in [4.69, 9.17) is 10.5 Å². The van der Waals surface area contributed by atoms with Crippen molar-refractivity contribution in [2.45, 2.75) is 30.9 Å². The fraction of sp³-hybridized carbons (Fsp3) is 1.00. The summed E-state index contributed by atoms with van der Waals surface area (Å²) in [4.78, 5) is 2.16. The number of rotatable bonds is 4. The van der Waals surface area contributed by atoms with E-state index in [2.05, 4.69) is 4.90 Å². The van der Waals surface area contributed by atoms with Crippen LogP contribution in [-0.2, 0) is 4.74 Å². The Hall–Kier alpha value is -0.160. The van der Waals surface area contributed by atoms with Crippen molar-refractivity contribution in [2.24, 2.45) is 5.73 Å². The maximum absolute atomic E-state index is 10.3. The first kappa shape index (κ1) is 11.9. The van der Waals surface area contributed by atoms with Crippen molar-refractivity contribution in [1.29, 1.82) is 0 Å². The molecule has 14 heavy (non-hydrogen) atoms. The molecule has 0 spiro atoms. The standard InChI is InChI=1S/C10H22N2O2/c1-12-6-5-10(13,9(11)8-12)4-3-7-14-2/h9,13H,3-8,11H2,1-2H3. The van der Waals surface area contributed by atoms with Crippen LogP contribution in [0.25, 0.3) is 0 Å². The number of hydrogen-bond acceptors (Lipinski definition) is 4. The quantitative estimate of drug-likeness (QED) is 0.620. The van der Waals surface area contributed by atoms with Crippen LogP contribution < -0.4 is 5.73 Å². The van der Waals surface area contributed by atoms with Crippen molar-refractivity contribution in [1.82, 2.24) is 4.90 Å². The molecule has 0 aromatic carbocycles. The van der Waals surface area contributed by atoms with E-state index in [9.17, 15) is 5.11 Å². The monoisotopic (exact) mass is 202 g/mol. The Balaban J connectivity index is 2.38. The van der Waals surface area contributed by atoms with Gasteiger partial charge in [-0.3, -0.25) is 0 Å². The summed E-state index contributed by atoms with van der Waals surface area (Å²) in [7, 11) is 3.72. The highest BCUT2D eigenvalue weighted by Gasteiger charge is 2.37. The lowest BCUT2D eigenvalue weighted by Crippen LogP contribution is -2.58. The van der Waals surface area contributed by atoms with E-state index < -0.39 is 5.60 Å². The lowest BCUT2D eigenvalue weighted by molar-refractivity contribution is -0.0443. The first-order valence-corrected chi connectivity index (χ1v) is 5.24. The normalized spacial score (nSPS) is 34.7. The molecule has 0 saturated carbocycles. The van der Waals surface area contributed by atoms with Crippen molar-refractivity contribution in [3.8, 4) is 0 Å². The third-order valence-electron chi connectivity index (χ3n) is 3.08. The maximum Gasteiger partial charge on any atom is 0.0823 e. The van der Waals surface area contributed by atoms with Crippen molar-refractivity contribution in [3.05, 3.63) is 0 Å². The van der Waals surface area contributed by atoms with E-state index in [-0.39, 0.29) is 6.04 Å². The van der Waals surface area contributed by atoms with Crippen molar-refractivity contribution in [3.63, 3.8) is 0 Å². The number of hydrogen-bond donors (Lipinski definition) is 2. The molecule has 2 atom stereocenters. The van der Waals surface area contributed by atoms with Gasteiger partial charge in [-0.25, -0.2) is 0 Å². The highest BCUT2D eigenvalue weighted by molar-refractivity contribution is 4.95. The average Bonchev–Trinajstić information content (AvgIpc) is 2.13. The topological polar surface area (TPSA) is 58.7 Å². The van der Waals surface area contributed by atoms with Crippen LogP contribution >= 0.6 is 0 Å². The molecule has 0 bridgehead atoms. The molecule has 1 heterocycles. The Morgan fingerprint density at radius 3 is 2.93 bits per heavy atom. The molecule has 1 rings (SSSR count). The number of piperidine rings is 1. The Morgan fingerprint density at radius 1 is 1.64 bits per heavy atom. The number of methoxy groups -OCH3 is 1. The first-order valence-electron chi connectivity index (χ1n) is 5.24. The average molecular weight is 202 g/mol. The van der Waals surface area contributed by atoms with Gasteiger partial charge in [0.05, 0.1) is 5.60 Å². The molecule has 0 amide bonds. The van der Waals surface area contributed by atoms with Gasteiger partial charge in [0.2, 0.25) is 0 Å². The Morgan fingerprint density at radius 2 is 2.36 bits per heavy atom. The third kappa shape index (κ3) is 2.92. The molecule has 1 fully saturated rings. The summed E-state index contributed by atoms with van der Waals surface area (Å²) in [6, 6.07) is -0.127. The number of nitrogens with zero attached hydrogens (tertiary/aromatic N) is 1. The van der Waals surface area contributed by atoms with Gasteiger partial charge in [-0.05, 0) is 26.3 Å². The van der Waals surface area contributed by atoms with Gasteiger partial charge in [0.25, 0.3) is 0 Å².